The molecule has 1 saturated carbocycles. The molecule has 0 aromatic heterocycles. The highest BCUT2D eigenvalue weighted by Crippen LogP contribution is 2.42. The fourth-order valence-electron chi connectivity index (χ4n) is 3.96. The number of hydrogen-bond acceptors (Lipinski definition) is 4. The molecule has 2 aromatic rings. The van der Waals surface area contributed by atoms with Gasteiger partial charge in [-0.3, -0.25) is 0 Å². The highest BCUT2D eigenvalue weighted by atomic mass is 16.6. The number of alkyl carbamates (subject to hydrolysis) is 1. The average Bonchev–Trinajstić information content (AvgIpc) is 2.77. The number of rotatable bonds is 7. The van der Waals surface area contributed by atoms with Crippen LogP contribution in [0.5, 0.6) is 0 Å². The van der Waals surface area contributed by atoms with Crippen molar-refractivity contribution in [3.05, 3.63) is 84.4 Å². The number of benzene rings is 2. The van der Waals surface area contributed by atoms with Crippen LogP contribution in [0, 0.1) is 0 Å². The summed E-state index contributed by atoms with van der Waals surface area (Å²) in [5.74, 6) is -0.623. The molecular weight excluding hydrogens is 366 g/mol. The molecule has 1 aliphatic rings. The quantitative estimate of drug-likeness (QED) is 0.545. The Kier molecular flexibility index (Phi) is 7.06. The lowest BCUT2D eigenvalue weighted by molar-refractivity contribution is -0.152. The van der Waals surface area contributed by atoms with Gasteiger partial charge >= 0.3 is 12.1 Å². The SMILES string of the molecule is C=CCOC(=O)[C@@]1(NC(=O)OCc2ccccc2)CCCC[C@@H]1c1ccccc1. The van der Waals surface area contributed by atoms with E-state index in [9.17, 15) is 9.59 Å². The van der Waals surface area contributed by atoms with Gasteiger partial charge < -0.3 is 14.8 Å². The first-order valence-electron chi connectivity index (χ1n) is 9.97. The van der Waals surface area contributed by atoms with E-state index in [1.807, 2.05) is 60.7 Å². The van der Waals surface area contributed by atoms with E-state index in [0.29, 0.717) is 6.42 Å². The number of amides is 1. The van der Waals surface area contributed by atoms with Crippen LogP contribution in [0.25, 0.3) is 0 Å². The van der Waals surface area contributed by atoms with Crippen molar-refractivity contribution < 1.29 is 19.1 Å². The maximum Gasteiger partial charge on any atom is 0.408 e. The smallest absolute Gasteiger partial charge is 0.408 e. The van der Waals surface area contributed by atoms with Gasteiger partial charge in [0.1, 0.15) is 18.8 Å². The summed E-state index contributed by atoms with van der Waals surface area (Å²) in [6.45, 7) is 3.85. The van der Waals surface area contributed by atoms with Crippen LogP contribution in [0.2, 0.25) is 0 Å². The van der Waals surface area contributed by atoms with Crippen LogP contribution in [0.15, 0.2) is 73.3 Å². The number of ether oxygens (including phenoxy) is 2. The van der Waals surface area contributed by atoms with Crippen molar-refractivity contribution >= 4 is 12.1 Å². The van der Waals surface area contributed by atoms with Gasteiger partial charge in [-0.2, -0.15) is 0 Å². The fraction of sp³-hybridized carbons (Fsp3) is 0.333. The zero-order valence-corrected chi connectivity index (χ0v) is 16.5. The van der Waals surface area contributed by atoms with Crippen LogP contribution in [-0.4, -0.2) is 24.2 Å². The van der Waals surface area contributed by atoms with Gasteiger partial charge in [0.25, 0.3) is 0 Å². The summed E-state index contributed by atoms with van der Waals surface area (Å²) in [5, 5.41) is 2.89. The molecule has 1 N–H and O–H groups in total. The Morgan fingerprint density at radius 1 is 1.03 bits per heavy atom. The minimum atomic E-state index is -1.16. The van der Waals surface area contributed by atoms with Crippen molar-refractivity contribution in [1.29, 1.82) is 0 Å². The lowest BCUT2D eigenvalue weighted by Gasteiger charge is -2.42. The number of nitrogens with one attached hydrogen (secondary N) is 1. The molecule has 0 radical (unpaired) electrons. The summed E-state index contributed by atoms with van der Waals surface area (Å²) in [6.07, 6.45) is 4.00. The maximum atomic E-state index is 13.1. The monoisotopic (exact) mass is 393 g/mol. The molecule has 152 valence electrons. The van der Waals surface area contributed by atoms with Gasteiger partial charge in [-0.15, -0.1) is 0 Å². The maximum absolute atomic E-state index is 13.1. The van der Waals surface area contributed by atoms with Gasteiger partial charge in [-0.25, -0.2) is 9.59 Å². The summed E-state index contributed by atoms with van der Waals surface area (Å²) in [6, 6.07) is 19.2. The molecular formula is C24H27NO4. The third kappa shape index (κ3) is 5.05. The summed E-state index contributed by atoms with van der Waals surface area (Å²) in [5.41, 5.74) is 0.733. The van der Waals surface area contributed by atoms with Crippen LogP contribution in [0.3, 0.4) is 0 Å². The molecule has 3 rings (SSSR count). The van der Waals surface area contributed by atoms with Crippen LogP contribution in [0.1, 0.15) is 42.7 Å². The number of esters is 1. The van der Waals surface area contributed by atoms with Crippen molar-refractivity contribution in [2.24, 2.45) is 0 Å². The summed E-state index contributed by atoms with van der Waals surface area (Å²) in [4.78, 5) is 25.8. The molecule has 0 bridgehead atoms. The molecule has 0 aliphatic heterocycles. The predicted octanol–water partition coefficient (Wildman–Crippen LogP) is 4.74. The molecule has 1 fully saturated rings. The molecule has 29 heavy (non-hydrogen) atoms. The lowest BCUT2D eigenvalue weighted by Crippen LogP contribution is -2.60. The van der Waals surface area contributed by atoms with E-state index in [-0.39, 0.29) is 19.1 Å². The van der Waals surface area contributed by atoms with E-state index in [2.05, 4.69) is 11.9 Å². The molecule has 5 heteroatoms. The fourth-order valence-corrected chi connectivity index (χ4v) is 3.96. The third-order valence-electron chi connectivity index (χ3n) is 5.35. The Bertz CT molecular complexity index is 821. The topological polar surface area (TPSA) is 64.6 Å². The van der Waals surface area contributed by atoms with Crippen molar-refractivity contribution in [2.75, 3.05) is 6.61 Å². The van der Waals surface area contributed by atoms with Crippen molar-refractivity contribution in [3.63, 3.8) is 0 Å². The second-order valence-electron chi connectivity index (χ2n) is 7.25. The molecule has 0 saturated heterocycles. The molecule has 5 nitrogen and oxygen atoms in total. The number of hydrogen-bond donors (Lipinski definition) is 1. The first kappa shape index (κ1) is 20.6. The minimum Gasteiger partial charge on any atom is -0.460 e. The molecule has 2 atom stereocenters. The van der Waals surface area contributed by atoms with Gasteiger partial charge in [-0.05, 0) is 24.0 Å². The van der Waals surface area contributed by atoms with E-state index < -0.39 is 17.6 Å². The lowest BCUT2D eigenvalue weighted by atomic mass is 9.69. The average molecular weight is 393 g/mol. The van der Waals surface area contributed by atoms with E-state index in [1.165, 1.54) is 6.08 Å². The second-order valence-corrected chi connectivity index (χ2v) is 7.25. The van der Waals surface area contributed by atoms with Gasteiger partial charge in [0.15, 0.2) is 0 Å². The van der Waals surface area contributed by atoms with Crippen LogP contribution >= 0.6 is 0 Å². The van der Waals surface area contributed by atoms with Crippen LogP contribution in [-0.2, 0) is 20.9 Å². The van der Waals surface area contributed by atoms with Crippen LogP contribution in [0.4, 0.5) is 4.79 Å². The molecule has 0 unspecified atom stereocenters. The van der Waals surface area contributed by atoms with Gasteiger partial charge in [0.05, 0.1) is 0 Å². The Hall–Kier alpha value is -3.08. The van der Waals surface area contributed by atoms with E-state index in [0.717, 1.165) is 30.4 Å². The molecule has 0 heterocycles. The largest absolute Gasteiger partial charge is 0.460 e. The Morgan fingerprint density at radius 3 is 2.41 bits per heavy atom. The summed E-state index contributed by atoms with van der Waals surface area (Å²) in [7, 11) is 0. The van der Waals surface area contributed by atoms with Crippen molar-refractivity contribution in [2.45, 2.75) is 43.7 Å². The Labute approximate surface area is 171 Å². The van der Waals surface area contributed by atoms with Gasteiger partial charge in [0.2, 0.25) is 0 Å². The first-order chi connectivity index (χ1) is 14.2. The number of carbonyl (C=O) groups is 2. The highest BCUT2D eigenvalue weighted by Gasteiger charge is 2.50. The molecule has 2 aromatic carbocycles. The van der Waals surface area contributed by atoms with E-state index >= 15 is 0 Å². The van der Waals surface area contributed by atoms with Gasteiger partial charge in [-0.1, -0.05) is 86.2 Å². The Morgan fingerprint density at radius 2 is 1.72 bits per heavy atom. The Balaban J connectivity index is 1.83. The standard InChI is InChI=1S/C24H27NO4/c1-2-17-28-22(26)24(25-23(27)29-18-19-11-5-3-6-12-19)16-10-9-15-21(24)20-13-7-4-8-14-20/h2-8,11-14,21H,1,9-10,15-18H2,(H,25,27)/t21-,24-/m1/s1. The van der Waals surface area contributed by atoms with Gasteiger partial charge in [0, 0.05) is 5.92 Å². The normalized spacial score (nSPS) is 21.0. The van der Waals surface area contributed by atoms with Crippen LogP contribution < -0.4 is 5.32 Å². The van der Waals surface area contributed by atoms with E-state index in [1.54, 1.807) is 0 Å². The first-order valence-corrected chi connectivity index (χ1v) is 9.97. The number of carbonyl (C=O) groups excluding carboxylic acids is 2. The van der Waals surface area contributed by atoms with Crippen molar-refractivity contribution in [1.82, 2.24) is 5.32 Å². The molecule has 0 spiro atoms. The predicted molar refractivity (Wildman–Crippen MR) is 111 cm³/mol. The summed E-state index contributed by atoms with van der Waals surface area (Å²) >= 11 is 0. The third-order valence-corrected chi connectivity index (χ3v) is 5.35. The summed E-state index contributed by atoms with van der Waals surface area (Å²) < 4.78 is 10.8. The minimum absolute atomic E-state index is 0.100. The van der Waals surface area contributed by atoms with Crippen molar-refractivity contribution in [3.8, 4) is 0 Å². The second kappa shape index (κ2) is 9.92. The molecule has 1 aliphatic carbocycles. The molecule has 1 amide bonds. The van der Waals surface area contributed by atoms with E-state index in [4.69, 9.17) is 9.47 Å². The zero-order valence-electron chi connectivity index (χ0n) is 16.5. The zero-order chi connectivity index (χ0) is 20.5. The highest BCUT2D eigenvalue weighted by molar-refractivity contribution is 5.87.